The molecule has 2 fully saturated rings. The number of rotatable bonds is 5. The van der Waals surface area contributed by atoms with Crippen LogP contribution in [-0.4, -0.2) is 46.9 Å². The molecule has 1 saturated carbocycles. The number of amides is 2. The van der Waals surface area contributed by atoms with Crippen molar-refractivity contribution in [3.8, 4) is 5.75 Å². The molecule has 152 valence electrons. The highest BCUT2D eigenvalue weighted by atomic mass is 16.5. The van der Waals surface area contributed by atoms with E-state index in [0.717, 1.165) is 38.0 Å². The zero-order chi connectivity index (χ0) is 20.4. The van der Waals surface area contributed by atoms with Crippen molar-refractivity contribution in [1.29, 1.82) is 0 Å². The molecule has 29 heavy (non-hydrogen) atoms. The Labute approximate surface area is 170 Å². The zero-order valence-corrected chi connectivity index (χ0v) is 16.9. The summed E-state index contributed by atoms with van der Waals surface area (Å²) in [6.45, 7) is 3.26. The number of methoxy groups -OCH3 is 1. The summed E-state index contributed by atoms with van der Waals surface area (Å²) in [6, 6.07) is 7.15. The van der Waals surface area contributed by atoms with Crippen LogP contribution in [0, 0.1) is 12.8 Å². The molecular formula is C22H26N4O3. The Morgan fingerprint density at radius 1 is 1.17 bits per heavy atom. The number of aryl methyl sites for hydroxylation is 1. The van der Waals surface area contributed by atoms with E-state index < -0.39 is 0 Å². The van der Waals surface area contributed by atoms with E-state index in [4.69, 9.17) is 4.74 Å². The number of ether oxygens (including phenoxy) is 1. The van der Waals surface area contributed by atoms with Gasteiger partial charge in [0.1, 0.15) is 11.6 Å². The second kappa shape index (κ2) is 8.19. The van der Waals surface area contributed by atoms with E-state index in [2.05, 4.69) is 15.3 Å². The van der Waals surface area contributed by atoms with Crippen molar-refractivity contribution in [3.05, 3.63) is 47.5 Å². The number of anilines is 1. The average Bonchev–Trinajstić information content (AvgIpc) is 3.17. The van der Waals surface area contributed by atoms with Crippen molar-refractivity contribution in [3.63, 3.8) is 0 Å². The molecule has 0 unspecified atom stereocenters. The fraction of sp³-hybridized carbons (Fsp3) is 0.455. The zero-order valence-electron chi connectivity index (χ0n) is 16.9. The number of carbonyl (C=O) groups is 2. The Morgan fingerprint density at radius 2 is 1.93 bits per heavy atom. The fourth-order valence-corrected chi connectivity index (χ4v) is 3.86. The first kappa shape index (κ1) is 19.4. The number of nitrogens with zero attached hydrogens (tertiary/aromatic N) is 3. The molecule has 4 rings (SSSR count). The highest BCUT2D eigenvalue weighted by molar-refractivity contribution is 6.04. The van der Waals surface area contributed by atoms with Crippen LogP contribution < -0.4 is 10.1 Å². The normalized spacial score (nSPS) is 19.0. The van der Waals surface area contributed by atoms with Crippen LogP contribution in [0.25, 0.3) is 0 Å². The molecule has 1 aliphatic heterocycles. The molecule has 0 bridgehead atoms. The predicted octanol–water partition coefficient (Wildman–Crippen LogP) is 3.16. The van der Waals surface area contributed by atoms with Crippen molar-refractivity contribution in [1.82, 2.24) is 14.9 Å². The third-order valence-electron chi connectivity index (χ3n) is 5.91. The van der Waals surface area contributed by atoms with Crippen LogP contribution in [0.5, 0.6) is 5.75 Å². The molecule has 7 nitrogen and oxygen atoms in total. The first-order valence-electron chi connectivity index (χ1n) is 10.1. The van der Waals surface area contributed by atoms with Gasteiger partial charge in [-0.25, -0.2) is 9.97 Å². The van der Waals surface area contributed by atoms with E-state index in [1.807, 2.05) is 11.8 Å². The number of carbonyl (C=O) groups excluding carboxylic acids is 2. The molecule has 2 heterocycles. The maximum atomic E-state index is 12.6. The van der Waals surface area contributed by atoms with Crippen molar-refractivity contribution in [2.24, 2.45) is 5.92 Å². The molecule has 2 amide bonds. The topological polar surface area (TPSA) is 84.4 Å². The molecule has 2 aliphatic rings. The van der Waals surface area contributed by atoms with Crippen LogP contribution in [0.2, 0.25) is 0 Å². The molecular weight excluding hydrogens is 368 g/mol. The van der Waals surface area contributed by atoms with E-state index in [9.17, 15) is 9.59 Å². The van der Waals surface area contributed by atoms with Crippen LogP contribution in [0.15, 0.2) is 30.5 Å². The Morgan fingerprint density at radius 3 is 2.55 bits per heavy atom. The Bertz CT molecular complexity index is 909. The minimum atomic E-state index is -0.243. The monoisotopic (exact) mass is 394 g/mol. The van der Waals surface area contributed by atoms with Crippen LogP contribution in [0.3, 0.4) is 0 Å². The molecule has 1 aromatic heterocycles. The van der Waals surface area contributed by atoms with Crippen LogP contribution >= 0.6 is 0 Å². The van der Waals surface area contributed by atoms with Gasteiger partial charge in [0.2, 0.25) is 5.91 Å². The number of nitrogens with one attached hydrogen (secondary N) is 1. The minimum absolute atomic E-state index is 0.136. The number of aromatic nitrogens is 2. The largest absolute Gasteiger partial charge is 0.497 e. The van der Waals surface area contributed by atoms with Crippen LogP contribution in [0.1, 0.15) is 53.5 Å². The standard InChI is InChI=1S/C22H26N4O3/c1-14-19(21(27)25-17-6-8-18(29-2)9-7-17)12-23-20(24-14)16-10-11-26(13-16)22(28)15-4-3-5-15/h6-9,12,15-16H,3-5,10-11,13H2,1-2H3,(H,25,27)/t16-/m1/s1. The lowest BCUT2D eigenvalue weighted by molar-refractivity contribution is -0.137. The van der Waals surface area contributed by atoms with Gasteiger partial charge in [-0.05, 0) is 50.5 Å². The summed E-state index contributed by atoms with van der Waals surface area (Å²) in [5.41, 5.74) is 1.77. The third-order valence-corrected chi connectivity index (χ3v) is 5.91. The SMILES string of the molecule is COc1ccc(NC(=O)c2cnc([C@@H]3CCN(C(=O)C4CCC4)C3)nc2C)cc1. The smallest absolute Gasteiger partial charge is 0.259 e. The Balaban J connectivity index is 1.40. The van der Waals surface area contributed by atoms with E-state index in [-0.39, 0.29) is 23.7 Å². The molecule has 0 spiro atoms. The third kappa shape index (κ3) is 4.09. The van der Waals surface area contributed by atoms with Gasteiger partial charge in [-0.2, -0.15) is 0 Å². The fourth-order valence-electron chi connectivity index (χ4n) is 3.86. The maximum Gasteiger partial charge on any atom is 0.259 e. The lowest BCUT2D eigenvalue weighted by atomic mass is 9.84. The quantitative estimate of drug-likeness (QED) is 0.842. The molecule has 1 aliphatic carbocycles. The van der Waals surface area contributed by atoms with Gasteiger partial charge in [-0.1, -0.05) is 6.42 Å². The summed E-state index contributed by atoms with van der Waals surface area (Å²) in [4.78, 5) is 36.1. The molecule has 7 heteroatoms. The summed E-state index contributed by atoms with van der Waals surface area (Å²) in [7, 11) is 1.60. The highest BCUT2D eigenvalue weighted by Crippen LogP contribution is 2.32. The van der Waals surface area contributed by atoms with Gasteiger partial charge in [0.25, 0.3) is 5.91 Å². The number of hydrogen-bond acceptors (Lipinski definition) is 5. The van der Waals surface area contributed by atoms with Crippen LogP contribution in [0.4, 0.5) is 5.69 Å². The summed E-state index contributed by atoms with van der Waals surface area (Å²) in [5.74, 6) is 1.84. The summed E-state index contributed by atoms with van der Waals surface area (Å²) in [6.07, 6.45) is 5.67. The van der Waals surface area contributed by atoms with Gasteiger partial charge in [0.05, 0.1) is 18.4 Å². The van der Waals surface area contributed by atoms with E-state index in [0.29, 0.717) is 29.3 Å². The Kier molecular flexibility index (Phi) is 5.47. The maximum absolute atomic E-state index is 12.6. The summed E-state index contributed by atoms with van der Waals surface area (Å²) >= 11 is 0. The van der Waals surface area contributed by atoms with Gasteiger partial charge in [-0.3, -0.25) is 9.59 Å². The first-order valence-corrected chi connectivity index (χ1v) is 10.1. The van der Waals surface area contributed by atoms with Crippen molar-refractivity contribution in [2.45, 2.75) is 38.5 Å². The number of benzene rings is 1. The first-order chi connectivity index (χ1) is 14.0. The lowest BCUT2D eigenvalue weighted by Gasteiger charge is -2.29. The molecule has 1 aromatic carbocycles. The number of hydrogen-bond donors (Lipinski definition) is 1. The highest BCUT2D eigenvalue weighted by Gasteiger charge is 2.35. The molecule has 1 N–H and O–H groups in total. The Hall–Kier alpha value is -2.96. The second-order valence-electron chi connectivity index (χ2n) is 7.81. The van der Waals surface area contributed by atoms with Gasteiger partial charge in [0, 0.05) is 36.8 Å². The molecule has 2 aromatic rings. The average molecular weight is 394 g/mol. The molecule has 1 atom stereocenters. The molecule has 1 saturated heterocycles. The van der Waals surface area contributed by atoms with E-state index >= 15 is 0 Å². The minimum Gasteiger partial charge on any atom is -0.497 e. The van der Waals surface area contributed by atoms with Gasteiger partial charge in [-0.15, -0.1) is 0 Å². The second-order valence-corrected chi connectivity index (χ2v) is 7.81. The summed E-state index contributed by atoms with van der Waals surface area (Å²) < 4.78 is 5.13. The molecule has 0 radical (unpaired) electrons. The van der Waals surface area contributed by atoms with Crippen molar-refractivity contribution < 1.29 is 14.3 Å². The van der Waals surface area contributed by atoms with Gasteiger partial charge < -0.3 is 15.0 Å². The summed E-state index contributed by atoms with van der Waals surface area (Å²) in [5, 5.41) is 2.86. The number of likely N-dealkylation sites (tertiary alicyclic amines) is 1. The van der Waals surface area contributed by atoms with Crippen molar-refractivity contribution in [2.75, 3.05) is 25.5 Å². The van der Waals surface area contributed by atoms with Crippen molar-refractivity contribution >= 4 is 17.5 Å². The van der Waals surface area contributed by atoms with E-state index in [1.54, 1.807) is 37.6 Å². The lowest BCUT2D eigenvalue weighted by Crippen LogP contribution is -2.37. The van der Waals surface area contributed by atoms with E-state index in [1.165, 1.54) is 0 Å². The van der Waals surface area contributed by atoms with Gasteiger partial charge >= 0.3 is 0 Å². The van der Waals surface area contributed by atoms with Crippen LogP contribution in [-0.2, 0) is 4.79 Å². The predicted molar refractivity (Wildman–Crippen MR) is 109 cm³/mol. The van der Waals surface area contributed by atoms with Gasteiger partial charge in [0.15, 0.2) is 0 Å².